The van der Waals surface area contributed by atoms with Gasteiger partial charge in [-0.25, -0.2) is 0 Å². The Morgan fingerprint density at radius 3 is 1.27 bits per heavy atom. The monoisotopic (exact) mass is 596 g/mol. The lowest BCUT2D eigenvalue weighted by Crippen LogP contribution is -2.51. The second-order valence-electron chi connectivity index (χ2n) is 13.1. The highest BCUT2D eigenvalue weighted by molar-refractivity contribution is 9.09. The van der Waals surface area contributed by atoms with Crippen molar-refractivity contribution < 1.29 is 42.6 Å². The quantitative estimate of drug-likeness (QED) is 0.308. The zero-order valence-corrected chi connectivity index (χ0v) is 25.7. The van der Waals surface area contributed by atoms with Crippen LogP contribution < -0.4 is 0 Å². The Kier molecular flexibility index (Phi) is 10.5. The maximum atomic E-state index is 6.39. The van der Waals surface area contributed by atoms with Gasteiger partial charge >= 0.3 is 0 Å². The summed E-state index contributed by atoms with van der Waals surface area (Å²) < 4.78 is 54.0. The van der Waals surface area contributed by atoms with Gasteiger partial charge < -0.3 is 42.6 Å². The Morgan fingerprint density at radius 2 is 0.919 bits per heavy atom. The van der Waals surface area contributed by atoms with Crippen molar-refractivity contribution in [1.82, 2.24) is 0 Å². The lowest BCUT2D eigenvalue weighted by Gasteiger charge is -2.43. The van der Waals surface area contributed by atoms with Crippen molar-refractivity contribution in [3.63, 3.8) is 0 Å². The van der Waals surface area contributed by atoms with E-state index in [0.717, 1.165) is 0 Å². The minimum atomic E-state index is -0.584. The molecule has 0 aromatic rings. The fourth-order valence-corrected chi connectivity index (χ4v) is 4.46. The molecule has 0 bridgehead atoms. The van der Waals surface area contributed by atoms with Crippen LogP contribution in [0.3, 0.4) is 0 Å². The molecular weight excluding hydrogens is 548 g/mol. The molecule has 10 heteroatoms. The molecule has 0 unspecified atom stereocenters. The Morgan fingerprint density at radius 1 is 0.568 bits per heavy atom. The fraction of sp³-hybridized carbons (Fsp3) is 1.00. The van der Waals surface area contributed by atoms with Crippen LogP contribution in [0.5, 0.6) is 0 Å². The summed E-state index contributed by atoms with van der Waals surface area (Å²) in [5.41, 5.74) is -0.712. The molecule has 3 fully saturated rings. The van der Waals surface area contributed by atoms with Gasteiger partial charge in [0.25, 0.3) is 0 Å². The molecule has 3 aliphatic rings. The van der Waals surface area contributed by atoms with Crippen molar-refractivity contribution in [3.05, 3.63) is 0 Å². The second kappa shape index (κ2) is 12.3. The lowest BCUT2D eigenvalue weighted by atomic mass is 9.92. The van der Waals surface area contributed by atoms with Crippen LogP contribution in [0.2, 0.25) is 0 Å². The largest absolute Gasteiger partial charge is 0.378 e. The van der Waals surface area contributed by atoms with Gasteiger partial charge in [-0.1, -0.05) is 29.8 Å². The minimum Gasteiger partial charge on any atom is -0.378 e. The molecule has 0 N–H and O–H groups in total. The highest BCUT2D eigenvalue weighted by Crippen LogP contribution is 2.33. The van der Waals surface area contributed by atoms with E-state index in [-0.39, 0.29) is 22.3 Å². The van der Waals surface area contributed by atoms with Gasteiger partial charge in [0, 0.05) is 16.2 Å². The Bertz CT molecular complexity index is 657. The Hall–Kier alpha value is 0.120. The highest BCUT2D eigenvalue weighted by Gasteiger charge is 2.41. The topological polar surface area (TPSA) is 83.1 Å². The first-order valence-corrected chi connectivity index (χ1v) is 14.4. The molecule has 0 atom stereocenters. The van der Waals surface area contributed by atoms with Crippen molar-refractivity contribution in [2.45, 2.75) is 78.9 Å². The first-order valence-electron chi connectivity index (χ1n) is 13.3. The third kappa shape index (κ3) is 9.92. The predicted molar refractivity (Wildman–Crippen MR) is 142 cm³/mol. The van der Waals surface area contributed by atoms with Gasteiger partial charge in [0.05, 0.1) is 78.1 Å². The van der Waals surface area contributed by atoms with Gasteiger partial charge in [0.15, 0.2) is 17.4 Å². The van der Waals surface area contributed by atoms with Crippen molar-refractivity contribution in [2.24, 2.45) is 16.2 Å². The summed E-state index contributed by atoms with van der Waals surface area (Å²) in [6.07, 6.45) is -0.262. The normalized spacial score (nSPS) is 27.7. The van der Waals surface area contributed by atoms with Crippen LogP contribution in [0, 0.1) is 16.2 Å². The number of alkyl halides is 1. The molecule has 218 valence electrons. The van der Waals surface area contributed by atoms with Crippen LogP contribution in [0.15, 0.2) is 0 Å². The summed E-state index contributed by atoms with van der Waals surface area (Å²) in [5, 5.41) is 0.704. The number of ether oxygens (including phenoxy) is 9. The predicted octanol–water partition coefficient (Wildman–Crippen LogP) is 4.15. The molecule has 3 saturated heterocycles. The molecule has 0 amide bonds. The van der Waals surface area contributed by atoms with Crippen LogP contribution in [-0.2, 0) is 42.6 Å². The summed E-state index contributed by atoms with van der Waals surface area (Å²) >= 11 is 3.64. The van der Waals surface area contributed by atoms with E-state index in [0.29, 0.717) is 78.0 Å². The van der Waals surface area contributed by atoms with E-state index in [4.69, 9.17) is 42.6 Å². The number of hydrogen-bond acceptors (Lipinski definition) is 9. The maximum absolute atomic E-state index is 6.39. The molecule has 0 aromatic heterocycles. The number of hydrogen-bond donors (Lipinski definition) is 0. The molecule has 0 aromatic carbocycles. The molecule has 0 aliphatic carbocycles. The second-order valence-corrected chi connectivity index (χ2v) is 13.7. The van der Waals surface area contributed by atoms with Crippen LogP contribution in [0.25, 0.3) is 0 Å². The van der Waals surface area contributed by atoms with Gasteiger partial charge in [-0.15, -0.1) is 0 Å². The van der Waals surface area contributed by atoms with E-state index >= 15 is 0 Å². The van der Waals surface area contributed by atoms with Gasteiger partial charge in [-0.05, 0) is 41.5 Å². The SMILES string of the molecule is CC1(COCC(COCC2(C)COC(C)(C)OC2)OCC2(CBr)COC(C)(C)OC2)COC(C)(C)OC1. The van der Waals surface area contributed by atoms with E-state index in [1.807, 2.05) is 41.5 Å². The van der Waals surface area contributed by atoms with Gasteiger partial charge in [0.2, 0.25) is 0 Å². The standard InChI is InChI=1S/C27H49BrO9/c1-22(2)32-14-25(7,15-33-22)12-29-9-21(10-30-13-26(8)16-34-23(3,4)35-17-26)31-18-27(11-28)19-36-24(5,6)37-20-27/h21H,9-20H2,1-8H3. The molecule has 3 aliphatic heterocycles. The van der Waals surface area contributed by atoms with Crippen molar-refractivity contribution in [1.29, 1.82) is 0 Å². The summed E-state index contributed by atoms with van der Waals surface area (Å²) in [6, 6.07) is 0. The zero-order chi connectivity index (χ0) is 27.4. The van der Waals surface area contributed by atoms with Crippen molar-refractivity contribution in [2.75, 3.05) is 78.0 Å². The number of halogens is 1. The van der Waals surface area contributed by atoms with Crippen LogP contribution >= 0.6 is 15.9 Å². The molecular formula is C27H49BrO9. The Labute approximate surface area is 231 Å². The highest BCUT2D eigenvalue weighted by atomic mass is 79.9. The molecule has 9 nitrogen and oxygen atoms in total. The van der Waals surface area contributed by atoms with Gasteiger partial charge in [-0.2, -0.15) is 0 Å². The third-order valence-electron chi connectivity index (χ3n) is 6.94. The average molecular weight is 598 g/mol. The third-order valence-corrected chi connectivity index (χ3v) is 8.13. The fourth-order valence-electron chi connectivity index (χ4n) is 3.97. The maximum Gasteiger partial charge on any atom is 0.162 e. The van der Waals surface area contributed by atoms with E-state index in [2.05, 4.69) is 29.8 Å². The van der Waals surface area contributed by atoms with Crippen molar-refractivity contribution in [3.8, 4) is 0 Å². The lowest BCUT2D eigenvalue weighted by molar-refractivity contribution is -0.294. The van der Waals surface area contributed by atoms with Crippen molar-refractivity contribution >= 4 is 15.9 Å². The summed E-state index contributed by atoms with van der Waals surface area (Å²) in [7, 11) is 0. The molecule has 0 saturated carbocycles. The minimum absolute atomic E-state index is 0.217. The average Bonchev–Trinajstić information content (AvgIpc) is 2.83. The van der Waals surface area contributed by atoms with Gasteiger partial charge in [0.1, 0.15) is 6.10 Å². The van der Waals surface area contributed by atoms with E-state index in [1.54, 1.807) is 0 Å². The first-order chi connectivity index (χ1) is 17.1. The zero-order valence-electron chi connectivity index (χ0n) is 24.1. The van der Waals surface area contributed by atoms with Crippen LogP contribution in [0.4, 0.5) is 0 Å². The first kappa shape index (κ1) is 31.6. The van der Waals surface area contributed by atoms with Crippen LogP contribution in [0.1, 0.15) is 55.4 Å². The smallest absolute Gasteiger partial charge is 0.162 e. The molecule has 0 radical (unpaired) electrons. The molecule has 3 rings (SSSR count). The summed E-state index contributed by atoms with van der Waals surface area (Å²) in [5.74, 6) is -1.70. The molecule has 37 heavy (non-hydrogen) atoms. The number of rotatable bonds is 12. The summed E-state index contributed by atoms with van der Waals surface area (Å²) in [4.78, 5) is 0. The van der Waals surface area contributed by atoms with E-state index in [1.165, 1.54) is 0 Å². The molecule has 3 heterocycles. The van der Waals surface area contributed by atoms with E-state index in [9.17, 15) is 0 Å². The van der Waals surface area contributed by atoms with Crippen LogP contribution in [-0.4, -0.2) is 101 Å². The summed E-state index contributed by atoms with van der Waals surface area (Å²) in [6.45, 7) is 21.4. The van der Waals surface area contributed by atoms with E-state index < -0.39 is 17.4 Å². The van der Waals surface area contributed by atoms with Gasteiger partial charge in [-0.3, -0.25) is 0 Å². The molecule has 0 spiro atoms. The Balaban J connectivity index is 1.53.